The third-order valence-electron chi connectivity index (χ3n) is 5.51. The Morgan fingerprint density at radius 2 is 1.63 bits per heavy atom. The highest BCUT2D eigenvalue weighted by Crippen LogP contribution is 2.60. The first-order valence-corrected chi connectivity index (χ1v) is 7.49. The van der Waals surface area contributed by atoms with Gasteiger partial charge in [0.05, 0.1) is 5.92 Å². The van der Waals surface area contributed by atoms with E-state index >= 15 is 0 Å². The third kappa shape index (κ3) is 2.26. The molecular formula is C15H23NO3. The Morgan fingerprint density at radius 1 is 1.16 bits per heavy atom. The Hall–Kier alpha value is -1.06. The van der Waals surface area contributed by atoms with Crippen molar-refractivity contribution in [2.75, 3.05) is 6.54 Å². The molecule has 0 spiro atoms. The van der Waals surface area contributed by atoms with Crippen LogP contribution in [0.25, 0.3) is 0 Å². The predicted octanol–water partition coefficient (Wildman–Crippen LogP) is 2.04. The maximum absolute atomic E-state index is 12.5. The molecule has 0 heterocycles. The Kier molecular flexibility index (Phi) is 3.06. The van der Waals surface area contributed by atoms with Gasteiger partial charge in [-0.2, -0.15) is 0 Å². The van der Waals surface area contributed by atoms with Crippen molar-refractivity contribution in [2.24, 2.45) is 29.1 Å². The minimum absolute atomic E-state index is 0.125. The number of carboxylic acid groups (broad SMARTS) is 1. The normalized spacial score (nSPS) is 41.0. The fourth-order valence-corrected chi connectivity index (χ4v) is 4.91. The molecule has 4 rings (SSSR count). The summed E-state index contributed by atoms with van der Waals surface area (Å²) in [5.74, 6) is 1.01. The first-order chi connectivity index (χ1) is 8.98. The van der Waals surface area contributed by atoms with Gasteiger partial charge in [-0.25, -0.2) is 0 Å². The summed E-state index contributed by atoms with van der Waals surface area (Å²) in [6.45, 7) is 1.90. The monoisotopic (exact) mass is 265 g/mol. The minimum Gasteiger partial charge on any atom is -0.481 e. The molecule has 4 fully saturated rings. The number of carboxylic acids is 1. The van der Waals surface area contributed by atoms with Gasteiger partial charge in [0.15, 0.2) is 0 Å². The van der Waals surface area contributed by atoms with Crippen LogP contribution >= 0.6 is 0 Å². The molecule has 4 saturated carbocycles. The van der Waals surface area contributed by atoms with Gasteiger partial charge in [-0.3, -0.25) is 9.59 Å². The largest absolute Gasteiger partial charge is 0.481 e. The van der Waals surface area contributed by atoms with Gasteiger partial charge in [0.1, 0.15) is 0 Å². The van der Waals surface area contributed by atoms with Crippen molar-refractivity contribution in [2.45, 2.75) is 45.4 Å². The maximum Gasteiger partial charge on any atom is 0.308 e. The molecule has 0 aliphatic heterocycles. The summed E-state index contributed by atoms with van der Waals surface area (Å²) in [4.78, 5) is 23.3. The van der Waals surface area contributed by atoms with Gasteiger partial charge in [0.25, 0.3) is 0 Å². The fourth-order valence-electron chi connectivity index (χ4n) is 4.91. The quantitative estimate of drug-likeness (QED) is 0.817. The van der Waals surface area contributed by atoms with Crippen LogP contribution in [-0.4, -0.2) is 23.5 Å². The lowest BCUT2D eigenvalue weighted by atomic mass is 9.49. The molecule has 2 N–H and O–H groups in total. The zero-order valence-corrected chi connectivity index (χ0v) is 11.5. The van der Waals surface area contributed by atoms with E-state index in [9.17, 15) is 9.59 Å². The van der Waals surface area contributed by atoms with E-state index in [0.29, 0.717) is 0 Å². The molecule has 0 aromatic heterocycles. The second-order valence-electron chi connectivity index (χ2n) is 7.15. The van der Waals surface area contributed by atoms with Crippen LogP contribution in [0, 0.1) is 29.1 Å². The predicted molar refractivity (Wildman–Crippen MR) is 70.4 cm³/mol. The van der Waals surface area contributed by atoms with Gasteiger partial charge in [0.2, 0.25) is 5.91 Å². The van der Waals surface area contributed by atoms with Crippen LogP contribution in [0.2, 0.25) is 0 Å². The molecule has 0 aromatic carbocycles. The summed E-state index contributed by atoms with van der Waals surface area (Å²) < 4.78 is 0. The highest BCUT2D eigenvalue weighted by atomic mass is 16.4. The van der Waals surface area contributed by atoms with E-state index in [2.05, 4.69) is 5.32 Å². The van der Waals surface area contributed by atoms with Gasteiger partial charge in [-0.05, 0) is 56.3 Å². The van der Waals surface area contributed by atoms with Crippen molar-refractivity contribution in [1.29, 1.82) is 0 Å². The molecule has 1 amide bonds. The molecule has 1 unspecified atom stereocenters. The Balaban J connectivity index is 1.65. The lowest BCUT2D eigenvalue weighted by Crippen LogP contribution is -2.54. The zero-order valence-electron chi connectivity index (χ0n) is 11.5. The van der Waals surface area contributed by atoms with E-state index in [4.69, 9.17) is 5.11 Å². The summed E-state index contributed by atoms with van der Waals surface area (Å²) in [6, 6.07) is 0. The Labute approximate surface area is 113 Å². The average Bonchev–Trinajstić information content (AvgIpc) is 2.33. The molecule has 0 aromatic rings. The number of carbonyl (C=O) groups excluding carboxylic acids is 1. The zero-order chi connectivity index (χ0) is 13.6. The first kappa shape index (κ1) is 12.9. The number of nitrogens with one attached hydrogen (secondary N) is 1. The average molecular weight is 265 g/mol. The number of aliphatic carboxylic acids is 1. The van der Waals surface area contributed by atoms with Crippen LogP contribution in [0.4, 0.5) is 0 Å². The maximum atomic E-state index is 12.5. The smallest absolute Gasteiger partial charge is 0.308 e. The van der Waals surface area contributed by atoms with E-state index in [1.54, 1.807) is 6.92 Å². The van der Waals surface area contributed by atoms with E-state index in [-0.39, 0.29) is 17.9 Å². The number of hydrogen-bond donors (Lipinski definition) is 2. The molecular weight excluding hydrogens is 242 g/mol. The standard InChI is InChI=1S/C15H23NO3/c1-9(13(17)18)8-16-14(19)15-5-10-2-11(6-15)4-12(3-10)7-15/h9-12H,2-8H2,1H3,(H,16,19)(H,17,18). The number of amides is 1. The van der Waals surface area contributed by atoms with E-state index in [1.165, 1.54) is 19.3 Å². The van der Waals surface area contributed by atoms with Crippen LogP contribution in [0.3, 0.4) is 0 Å². The topological polar surface area (TPSA) is 66.4 Å². The second kappa shape index (κ2) is 4.50. The lowest BCUT2D eigenvalue weighted by Gasteiger charge is -2.55. The number of carbonyl (C=O) groups is 2. The van der Waals surface area contributed by atoms with Crippen LogP contribution in [0.15, 0.2) is 0 Å². The van der Waals surface area contributed by atoms with Crippen molar-refractivity contribution >= 4 is 11.9 Å². The molecule has 19 heavy (non-hydrogen) atoms. The third-order valence-corrected chi connectivity index (χ3v) is 5.51. The van der Waals surface area contributed by atoms with E-state index in [1.807, 2.05) is 0 Å². The molecule has 106 valence electrons. The summed E-state index contributed by atoms with van der Waals surface area (Å²) in [6.07, 6.45) is 7.05. The molecule has 0 saturated heterocycles. The van der Waals surface area contributed by atoms with Crippen molar-refractivity contribution in [3.05, 3.63) is 0 Å². The van der Waals surface area contributed by atoms with Crippen molar-refractivity contribution < 1.29 is 14.7 Å². The molecule has 4 nitrogen and oxygen atoms in total. The van der Waals surface area contributed by atoms with E-state index < -0.39 is 11.9 Å². The molecule has 4 heteroatoms. The SMILES string of the molecule is CC(CNC(=O)C12CC3CC(CC(C3)C1)C2)C(=O)O. The summed E-state index contributed by atoms with van der Waals surface area (Å²) in [5, 5.41) is 11.8. The molecule has 4 aliphatic rings. The van der Waals surface area contributed by atoms with Crippen LogP contribution in [0.5, 0.6) is 0 Å². The van der Waals surface area contributed by atoms with Crippen LogP contribution in [0.1, 0.15) is 45.4 Å². The van der Waals surface area contributed by atoms with Gasteiger partial charge >= 0.3 is 5.97 Å². The molecule has 4 bridgehead atoms. The minimum atomic E-state index is -0.842. The molecule has 0 radical (unpaired) electrons. The summed E-state index contributed by atoms with van der Waals surface area (Å²) in [7, 11) is 0. The fraction of sp³-hybridized carbons (Fsp3) is 0.867. The number of rotatable bonds is 4. The van der Waals surface area contributed by atoms with Gasteiger partial charge in [0, 0.05) is 12.0 Å². The Morgan fingerprint density at radius 3 is 2.05 bits per heavy atom. The highest BCUT2D eigenvalue weighted by molar-refractivity contribution is 5.83. The lowest BCUT2D eigenvalue weighted by molar-refractivity contribution is -0.147. The second-order valence-corrected chi connectivity index (χ2v) is 7.15. The molecule has 4 aliphatic carbocycles. The van der Waals surface area contributed by atoms with Gasteiger partial charge in [-0.15, -0.1) is 0 Å². The van der Waals surface area contributed by atoms with Crippen LogP contribution < -0.4 is 5.32 Å². The van der Waals surface area contributed by atoms with Crippen molar-refractivity contribution in [3.63, 3.8) is 0 Å². The van der Waals surface area contributed by atoms with Crippen LogP contribution in [-0.2, 0) is 9.59 Å². The summed E-state index contributed by atoms with van der Waals surface area (Å²) >= 11 is 0. The van der Waals surface area contributed by atoms with Gasteiger partial charge in [-0.1, -0.05) is 6.92 Å². The van der Waals surface area contributed by atoms with Crippen molar-refractivity contribution in [1.82, 2.24) is 5.32 Å². The van der Waals surface area contributed by atoms with E-state index in [0.717, 1.165) is 37.0 Å². The molecule has 1 atom stereocenters. The Bertz CT molecular complexity index is 369. The highest BCUT2D eigenvalue weighted by Gasteiger charge is 2.54. The van der Waals surface area contributed by atoms with Gasteiger partial charge < -0.3 is 10.4 Å². The summed E-state index contributed by atoms with van der Waals surface area (Å²) in [5.41, 5.74) is -0.160. The number of hydrogen-bond acceptors (Lipinski definition) is 2. The van der Waals surface area contributed by atoms with Crippen molar-refractivity contribution in [3.8, 4) is 0 Å². The first-order valence-electron chi connectivity index (χ1n) is 7.49.